The number of hydrogen-bond acceptors (Lipinski definition) is 2. The first-order chi connectivity index (χ1) is 8.11. The van der Waals surface area contributed by atoms with Crippen LogP contribution in [0, 0.1) is 0 Å². The van der Waals surface area contributed by atoms with Crippen molar-refractivity contribution < 1.29 is 4.74 Å². The molecule has 1 atom stereocenters. The van der Waals surface area contributed by atoms with E-state index in [0.717, 1.165) is 24.3 Å². The number of rotatable bonds is 7. The Kier molecular flexibility index (Phi) is 5.61. The van der Waals surface area contributed by atoms with E-state index in [1.165, 1.54) is 0 Å². The Morgan fingerprint density at radius 3 is 2.41 bits per heavy atom. The lowest BCUT2D eigenvalue weighted by Crippen LogP contribution is -2.14. The summed E-state index contributed by atoms with van der Waals surface area (Å²) in [6.07, 6.45) is 4.33. The first-order valence-corrected chi connectivity index (χ1v) is 6.26. The van der Waals surface area contributed by atoms with Crippen molar-refractivity contribution in [2.45, 2.75) is 45.8 Å². The van der Waals surface area contributed by atoms with Crippen molar-refractivity contribution in [1.82, 2.24) is 0 Å². The molecule has 1 N–H and O–H groups in total. The molecule has 1 aromatic rings. The lowest BCUT2D eigenvalue weighted by molar-refractivity contribution is 0.242. The third-order valence-corrected chi connectivity index (χ3v) is 2.44. The topological polar surface area (TPSA) is 21.3 Å². The molecule has 1 rings (SSSR count). The molecule has 0 radical (unpaired) electrons. The van der Waals surface area contributed by atoms with Gasteiger partial charge >= 0.3 is 0 Å². The second kappa shape index (κ2) is 7.00. The molecule has 0 spiro atoms. The molecule has 1 unspecified atom stereocenters. The van der Waals surface area contributed by atoms with E-state index < -0.39 is 0 Å². The van der Waals surface area contributed by atoms with E-state index in [-0.39, 0.29) is 6.10 Å². The van der Waals surface area contributed by atoms with E-state index in [1.54, 1.807) is 0 Å². The first-order valence-electron chi connectivity index (χ1n) is 6.26. The molecular weight excluding hydrogens is 210 g/mol. The van der Waals surface area contributed by atoms with Crippen LogP contribution in [0.3, 0.4) is 0 Å². The van der Waals surface area contributed by atoms with Crippen LogP contribution >= 0.6 is 0 Å². The van der Waals surface area contributed by atoms with E-state index in [1.807, 2.05) is 32.1 Å². The molecule has 0 saturated carbocycles. The second-order valence-electron chi connectivity index (χ2n) is 4.60. The smallest absolute Gasteiger partial charge is 0.119 e. The summed E-state index contributed by atoms with van der Waals surface area (Å²) in [5.41, 5.74) is 1.14. The van der Waals surface area contributed by atoms with Gasteiger partial charge in [0, 0.05) is 11.7 Å². The van der Waals surface area contributed by atoms with Crippen LogP contribution in [0.25, 0.3) is 0 Å². The Labute approximate surface area is 105 Å². The molecule has 0 aliphatic rings. The van der Waals surface area contributed by atoms with Crippen molar-refractivity contribution in [2.75, 3.05) is 5.32 Å². The monoisotopic (exact) mass is 233 g/mol. The molecule has 0 fully saturated rings. The Morgan fingerprint density at radius 2 is 1.88 bits per heavy atom. The average molecular weight is 233 g/mol. The zero-order valence-electron chi connectivity index (χ0n) is 11.1. The number of anilines is 1. The fraction of sp³-hybridized carbons (Fsp3) is 0.467. The quantitative estimate of drug-likeness (QED) is 0.711. The zero-order valence-corrected chi connectivity index (χ0v) is 11.1. The summed E-state index contributed by atoms with van der Waals surface area (Å²) in [5, 5.41) is 3.45. The molecule has 0 aliphatic heterocycles. The summed E-state index contributed by atoms with van der Waals surface area (Å²) >= 11 is 0. The normalized spacial score (nSPS) is 12.2. The van der Waals surface area contributed by atoms with Gasteiger partial charge in [-0.15, -0.1) is 6.58 Å². The van der Waals surface area contributed by atoms with Crippen molar-refractivity contribution in [3.05, 3.63) is 36.9 Å². The minimum absolute atomic E-state index is 0.223. The fourth-order valence-corrected chi connectivity index (χ4v) is 1.63. The average Bonchev–Trinajstić information content (AvgIpc) is 2.28. The standard InChI is InChI=1S/C15H23NO/c1-5-6-7-13(4)16-14-8-10-15(11-9-14)17-12(2)3/h5,8-13,16H,1,6-7H2,2-4H3. The van der Waals surface area contributed by atoms with Crippen molar-refractivity contribution >= 4 is 5.69 Å². The van der Waals surface area contributed by atoms with E-state index in [9.17, 15) is 0 Å². The predicted octanol–water partition coefficient (Wildman–Crippen LogP) is 4.24. The van der Waals surface area contributed by atoms with Crippen LogP contribution in [0.15, 0.2) is 36.9 Å². The molecule has 0 aliphatic carbocycles. The van der Waals surface area contributed by atoms with Gasteiger partial charge in [0.2, 0.25) is 0 Å². The van der Waals surface area contributed by atoms with Crippen molar-refractivity contribution in [1.29, 1.82) is 0 Å². The van der Waals surface area contributed by atoms with Crippen LogP contribution in [0.5, 0.6) is 5.75 Å². The highest BCUT2D eigenvalue weighted by Gasteiger charge is 2.01. The van der Waals surface area contributed by atoms with Crippen LogP contribution in [0.1, 0.15) is 33.6 Å². The number of nitrogens with one attached hydrogen (secondary N) is 1. The molecule has 0 heterocycles. The maximum absolute atomic E-state index is 5.60. The molecule has 0 bridgehead atoms. The van der Waals surface area contributed by atoms with Gasteiger partial charge in [-0.1, -0.05) is 6.08 Å². The zero-order chi connectivity index (χ0) is 12.7. The molecule has 0 saturated heterocycles. The summed E-state index contributed by atoms with van der Waals surface area (Å²) in [6.45, 7) is 9.98. The van der Waals surface area contributed by atoms with Gasteiger partial charge in [0.1, 0.15) is 5.75 Å². The van der Waals surface area contributed by atoms with Gasteiger partial charge in [-0.2, -0.15) is 0 Å². The lowest BCUT2D eigenvalue weighted by Gasteiger charge is -2.15. The van der Waals surface area contributed by atoms with Crippen molar-refractivity contribution in [3.63, 3.8) is 0 Å². The molecule has 2 nitrogen and oxygen atoms in total. The maximum atomic E-state index is 5.60. The number of hydrogen-bond donors (Lipinski definition) is 1. The summed E-state index contributed by atoms with van der Waals surface area (Å²) in [7, 11) is 0. The number of benzene rings is 1. The summed E-state index contributed by atoms with van der Waals surface area (Å²) in [5.74, 6) is 0.921. The molecule has 1 aromatic carbocycles. The SMILES string of the molecule is C=CCCC(C)Nc1ccc(OC(C)C)cc1. The third-order valence-electron chi connectivity index (χ3n) is 2.44. The molecule has 0 amide bonds. The van der Waals surface area contributed by atoms with E-state index in [4.69, 9.17) is 4.74 Å². The summed E-state index contributed by atoms with van der Waals surface area (Å²) in [4.78, 5) is 0. The minimum atomic E-state index is 0.223. The van der Waals surface area contributed by atoms with Crippen LogP contribution < -0.4 is 10.1 Å². The van der Waals surface area contributed by atoms with Crippen molar-refractivity contribution in [3.8, 4) is 5.75 Å². The Balaban J connectivity index is 2.47. The summed E-state index contributed by atoms with van der Waals surface area (Å²) in [6, 6.07) is 8.58. The minimum Gasteiger partial charge on any atom is -0.491 e. The van der Waals surface area contributed by atoms with Crippen LogP contribution in [0.2, 0.25) is 0 Å². The van der Waals surface area contributed by atoms with Gasteiger partial charge in [0.05, 0.1) is 6.10 Å². The molecule has 17 heavy (non-hydrogen) atoms. The van der Waals surface area contributed by atoms with Gasteiger partial charge in [0.25, 0.3) is 0 Å². The van der Waals surface area contributed by atoms with Gasteiger partial charge in [-0.05, 0) is 57.9 Å². The Hall–Kier alpha value is -1.44. The van der Waals surface area contributed by atoms with Gasteiger partial charge in [-0.25, -0.2) is 0 Å². The highest BCUT2D eigenvalue weighted by atomic mass is 16.5. The Morgan fingerprint density at radius 1 is 1.24 bits per heavy atom. The maximum Gasteiger partial charge on any atom is 0.119 e. The molecule has 94 valence electrons. The Bertz CT molecular complexity index is 329. The fourth-order valence-electron chi connectivity index (χ4n) is 1.63. The summed E-state index contributed by atoms with van der Waals surface area (Å²) < 4.78 is 5.60. The molecular formula is C15H23NO. The second-order valence-corrected chi connectivity index (χ2v) is 4.60. The molecule has 0 aromatic heterocycles. The lowest BCUT2D eigenvalue weighted by atomic mass is 10.1. The van der Waals surface area contributed by atoms with E-state index in [2.05, 4.69) is 31.0 Å². The van der Waals surface area contributed by atoms with Crippen LogP contribution in [-0.2, 0) is 0 Å². The van der Waals surface area contributed by atoms with E-state index in [0.29, 0.717) is 6.04 Å². The van der Waals surface area contributed by atoms with Crippen LogP contribution in [0.4, 0.5) is 5.69 Å². The highest BCUT2D eigenvalue weighted by molar-refractivity contribution is 5.46. The van der Waals surface area contributed by atoms with Crippen molar-refractivity contribution in [2.24, 2.45) is 0 Å². The van der Waals surface area contributed by atoms with Crippen LogP contribution in [-0.4, -0.2) is 12.1 Å². The first kappa shape index (κ1) is 13.6. The number of ether oxygens (including phenoxy) is 1. The number of allylic oxidation sites excluding steroid dienone is 1. The highest BCUT2D eigenvalue weighted by Crippen LogP contribution is 2.18. The molecule has 2 heteroatoms. The van der Waals surface area contributed by atoms with E-state index >= 15 is 0 Å². The predicted molar refractivity (Wildman–Crippen MR) is 74.7 cm³/mol. The third kappa shape index (κ3) is 5.43. The van der Waals surface area contributed by atoms with Gasteiger partial charge in [-0.3, -0.25) is 0 Å². The largest absolute Gasteiger partial charge is 0.491 e. The van der Waals surface area contributed by atoms with Gasteiger partial charge < -0.3 is 10.1 Å². The van der Waals surface area contributed by atoms with Gasteiger partial charge in [0.15, 0.2) is 0 Å².